The first kappa shape index (κ1) is 20.9. The highest BCUT2D eigenvalue weighted by molar-refractivity contribution is 7.89. The van der Waals surface area contributed by atoms with Gasteiger partial charge in [0.2, 0.25) is 10.0 Å². The second kappa shape index (κ2) is 7.19. The van der Waals surface area contributed by atoms with Crippen molar-refractivity contribution in [1.29, 1.82) is 0 Å². The van der Waals surface area contributed by atoms with Crippen molar-refractivity contribution < 1.29 is 22.8 Å². The van der Waals surface area contributed by atoms with E-state index in [1.165, 1.54) is 12.1 Å². The van der Waals surface area contributed by atoms with Gasteiger partial charge >= 0.3 is 7.12 Å². The molecule has 2 aromatic rings. The van der Waals surface area contributed by atoms with Crippen LogP contribution in [-0.4, -0.2) is 31.8 Å². The minimum absolute atomic E-state index is 0.0799. The molecule has 2 aromatic carbocycles. The van der Waals surface area contributed by atoms with Crippen LogP contribution in [0.3, 0.4) is 0 Å². The SMILES string of the molecule is Cc1cc(B2OC(C)(C)C(C)(C)O2)cc(S(=O)(=O)NCc2cccc(O)c2)c1. The Balaban J connectivity index is 1.84. The van der Waals surface area contributed by atoms with Crippen LogP contribution in [0, 0.1) is 6.92 Å². The second-order valence-corrected chi connectivity index (χ2v) is 9.93. The summed E-state index contributed by atoms with van der Waals surface area (Å²) in [7, 11) is -4.38. The molecule has 6 nitrogen and oxygen atoms in total. The van der Waals surface area contributed by atoms with Crippen molar-refractivity contribution in [2.45, 2.75) is 57.3 Å². The lowest BCUT2D eigenvalue weighted by atomic mass is 9.78. The van der Waals surface area contributed by atoms with Gasteiger partial charge in [-0.15, -0.1) is 0 Å². The summed E-state index contributed by atoms with van der Waals surface area (Å²) in [5.74, 6) is 0.0929. The summed E-state index contributed by atoms with van der Waals surface area (Å²) < 4.78 is 40.3. The molecular weight excluding hydrogens is 377 g/mol. The van der Waals surface area contributed by atoms with Crippen LogP contribution in [0.25, 0.3) is 0 Å². The maximum atomic E-state index is 12.8. The van der Waals surface area contributed by atoms with E-state index in [0.717, 1.165) is 5.56 Å². The fourth-order valence-corrected chi connectivity index (χ4v) is 4.13. The molecular formula is C20H26BNO5S. The number of phenolic OH excluding ortho intramolecular Hbond substituents is 1. The molecule has 1 aliphatic heterocycles. The number of phenols is 1. The average Bonchev–Trinajstić information content (AvgIpc) is 2.80. The molecule has 150 valence electrons. The molecule has 0 saturated carbocycles. The van der Waals surface area contributed by atoms with Crippen LogP contribution < -0.4 is 10.2 Å². The molecule has 0 bridgehead atoms. The molecule has 0 radical (unpaired) electrons. The maximum Gasteiger partial charge on any atom is 0.494 e. The molecule has 0 aliphatic carbocycles. The van der Waals surface area contributed by atoms with Crippen molar-refractivity contribution in [2.75, 3.05) is 0 Å². The second-order valence-electron chi connectivity index (χ2n) is 8.16. The molecule has 8 heteroatoms. The first-order valence-electron chi connectivity index (χ1n) is 9.14. The fourth-order valence-electron chi connectivity index (χ4n) is 2.98. The monoisotopic (exact) mass is 403 g/mol. The van der Waals surface area contributed by atoms with Crippen LogP contribution in [-0.2, 0) is 25.9 Å². The standard InChI is InChI=1S/C20H26BNO5S/c1-14-9-16(21-26-19(2,3)20(4,5)27-21)12-18(10-14)28(24,25)22-13-15-7-6-8-17(23)11-15/h6-12,22-23H,13H2,1-5H3. The van der Waals surface area contributed by atoms with E-state index in [0.29, 0.717) is 11.0 Å². The van der Waals surface area contributed by atoms with Gasteiger partial charge in [0.05, 0.1) is 16.1 Å². The van der Waals surface area contributed by atoms with Gasteiger partial charge in [0, 0.05) is 6.54 Å². The normalized spacial score (nSPS) is 18.4. The third-order valence-corrected chi connectivity index (χ3v) is 6.67. The van der Waals surface area contributed by atoms with E-state index in [4.69, 9.17) is 9.31 Å². The summed E-state index contributed by atoms with van der Waals surface area (Å²) in [6.07, 6.45) is 0. The fraction of sp³-hybridized carbons (Fsp3) is 0.400. The maximum absolute atomic E-state index is 12.8. The van der Waals surface area contributed by atoms with Gasteiger partial charge in [0.25, 0.3) is 0 Å². The Morgan fingerprint density at radius 3 is 2.29 bits per heavy atom. The van der Waals surface area contributed by atoms with Crippen molar-refractivity contribution >= 4 is 22.6 Å². The van der Waals surface area contributed by atoms with Gasteiger partial charge in [-0.25, -0.2) is 13.1 Å². The quantitative estimate of drug-likeness (QED) is 0.750. The smallest absolute Gasteiger partial charge is 0.494 e. The molecule has 1 heterocycles. The van der Waals surface area contributed by atoms with Crippen LogP contribution >= 0.6 is 0 Å². The number of rotatable bonds is 5. The molecule has 3 rings (SSSR count). The molecule has 0 atom stereocenters. The number of sulfonamides is 1. The molecule has 1 aliphatic rings. The van der Waals surface area contributed by atoms with Gasteiger partial charge < -0.3 is 14.4 Å². The number of aromatic hydroxyl groups is 1. The minimum Gasteiger partial charge on any atom is -0.508 e. The van der Waals surface area contributed by atoms with Crippen LogP contribution in [0.5, 0.6) is 5.75 Å². The Morgan fingerprint density at radius 1 is 1.04 bits per heavy atom. The van der Waals surface area contributed by atoms with Gasteiger partial charge in [-0.2, -0.15) is 0 Å². The Labute approximate surface area is 167 Å². The predicted octanol–water partition coefficient (Wildman–Crippen LogP) is 2.48. The third-order valence-electron chi connectivity index (χ3n) is 5.29. The van der Waals surface area contributed by atoms with Crippen molar-refractivity contribution in [3.8, 4) is 5.75 Å². The van der Waals surface area contributed by atoms with Gasteiger partial charge in [0.15, 0.2) is 0 Å². The Bertz CT molecular complexity index is 972. The predicted molar refractivity (Wildman–Crippen MR) is 109 cm³/mol. The summed E-state index contributed by atoms with van der Waals surface area (Å²) in [5.41, 5.74) is 1.12. The minimum atomic E-state index is -3.75. The number of nitrogens with one attached hydrogen (secondary N) is 1. The lowest BCUT2D eigenvalue weighted by Crippen LogP contribution is -2.41. The van der Waals surface area contributed by atoms with Crippen LogP contribution in [0.15, 0.2) is 47.4 Å². The molecule has 28 heavy (non-hydrogen) atoms. The summed E-state index contributed by atoms with van der Waals surface area (Å²) in [6.45, 7) is 9.74. The van der Waals surface area contributed by atoms with E-state index in [2.05, 4.69) is 4.72 Å². The Kier molecular flexibility index (Phi) is 5.35. The molecule has 2 N–H and O–H groups in total. The number of hydrogen-bond donors (Lipinski definition) is 2. The highest BCUT2D eigenvalue weighted by atomic mass is 32.2. The van der Waals surface area contributed by atoms with Gasteiger partial charge in [0.1, 0.15) is 5.75 Å². The topological polar surface area (TPSA) is 84.9 Å². The third kappa shape index (κ3) is 4.25. The largest absolute Gasteiger partial charge is 0.508 e. The van der Waals surface area contributed by atoms with Crippen LogP contribution in [0.1, 0.15) is 38.8 Å². The Hall–Kier alpha value is -1.87. The molecule has 0 aromatic heterocycles. The summed E-state index contributed by atoms with van der Waals surface area (Å²) in [6, 6.07) is 11.5. The number of benzene rings is 2. The Morgan fingerprint density at radius 2 is 1.68 bits per heavy atom. The highest BCUT2D eigenvalue weighted by Crippen LogP contribution is 2.36. The zero-order valence-electron chi connectivity index (χ0n) is 16.8. The lowest BCUT2D eigenvalue weighted by Gasteiger charge is -2.32. The number of hydrogen-bond acceptors (Lipinski definition) is 5. The summed E-state index contributed by atoms with van der Waals surface area (Å²) in [4.78, 5) is 0.150. The van der Waals surface area contributed by atoms with Crippen LogP contribution in [0.2, 0.25) is 0 Å². The van der Waals surface area contributed by atoms with E-state index in [1.54, 1.807) is 24.3 Å². The van der Waals surface area contributed by atoms with E-state index in [9.17, 15) is 13.5 Å². The van der Waals surface area contributed by atoms with E-state index >= 15 is 0 Å². The summed E-state index contributed by atoms with van der Waals surface area (Å²) in [5, 5.41) is 9.53. The molecule has 1 fully saturated rings. The van der Waals surface area contributed by atoms with Crippen molar-refractivity contribution in [2.24, 2.45) is 0 Å². The van der Waals surface area contributed by atoms with Crippen LogP contribution in [0.4, 0.5) is 0 Å². The first-order chi connectivity index (χ1) is 12.9. The van der Waals surface area contributed by atoms with Gasteiger partial charge in [-0.1, -0.05) is 23.8 Å². The van der Waals surface area contributed by atoms with E-state index in [-0.39, 0.29) is 17.2 Å². The van der Waals surface area contributed by atoms with Crippen molar-refractivity contribution in [3.63, 3.8) is 0 Å². The molecule has 0 unspecified atom stereocenters. The average molecular weight is 403 g/mol. The van der Waals surface area contributed by atoms with E-state index in [1.807, 2.05) is 40.7 Å². The van der Waals surface area contributed by atoms with Gasteiger partial charge in [-0.3, -0.25) is 0 Å². The zero-order chi connectivity index (χ0) is 20.7. The highest BCUT2D eigenvalue weighted by Gasteiger charge is 2.51. The van der Waals surface area contributed by atoms with Crippen molar-refractivity contribution in [3.05, 3.63) is 53.6 Å². The van der Waals surface area contributed by atoms with E-state index < -0.39 is 28.3 Å². The first-order valence-corrected chi connectivity index (χ1v) is 10.6. The van der Waals surface area contributed by atoms with Gasteiger partial charge in [-0.05, 0) is 69.9 Å². The summed E-state index contributed by atoms with van der Waals surface area (Å²) >= 11 is 0. The lowest BCUT2D eigenvalue weighted by molar-refractivity contribution is 0.00578. The van der Waals surface area contributed by atoms with Crippen molar-refractivity contribution in [1.82, 2.24) is 4.72 Å². The molecule has 1 saturated heterocycles. The number of aryl methyl sites for hydroxylation is 1. The molecule has 0 amide bonds. The zero-order valence-corrected chi connectivity index (χ0v) is 17.6. The molecule has 0 spiro atoms.